The van der Waals surface area contributed by atoms with E-state index in [1.807, 2.05) is 18.2 Å². The number of aromatic amines is 1. The largest absolute Gasteiger partial charge is 0.335 e. The Kier molecular flexibility index (Phi) is 2.55. The molecule has 2 rings (SSSR count). The van der Waals surface area contributed by atoms with Gasteiger partial charge in [0, 0.05) is 0 Å². The molecule has 0 radical (unpaired) electrons. The van der Waals surface area contributed by atoms with E-state index in [9.17, 15) is 0 Å². The van der Waals surface area contributed by atoms with Crippen molar-refractivity contribution in [3.63, 3.8) is 0 Å². The summed E-state index contributed by atoms with van der Waals surface area (Å²) in [5, 5.41) is 6.89. The highest BCUT2D eigenvalue weighted by Gasteiger charge is 2.28. The topological polar surface area (TPSA) is 59.6 Å². The summed E-state index contributed by atoms with van der Waals surface area (Å²) in [5.74, 6) is 6.57. The molecule has 5 heteroatoms. The number of rotatable bonds is 2. The molecule has 0 saturated carbocycles. The molecule has 3 N–H and O–H groups in total. The Morgan fingerprint density at radius 1 is 1.31 bits per heavy atom. The predicted molar refractivity (Wildman–Crippen MR) is 66.1 cm³/mol. The molecule has 0 atom stereocenters. The molecule has 1 aromatic carbocycles. The summed E-state index contributed by atoms with van der Waals surface area (Å²) in [5.41, 5.74) is 0.875. The average Bonchev–Trinajstić information content (AvgIpc) is 2.61. The van der Waals surface area contributed by atoms with E-state index in [-0.39, 0.29) is 5.41 Å². The molecule has 16 heavy (non-hydrogen) atoms. The lowest BCUT2D eigenvalue weighted by molar-refractivity contribution is 0.568. The highest BCUT2D eigenvalue weighted by molar-refractivity contribution is 7.71. The zero-order chi connectivity index (χ0) is 11.8. The van der Waals surface area contributed by atoms with Crippen LogP contribution in [0.25, 0.3) is 0 Å². The molecule has 0 saturated heterocycles. The van der Waals surface area contributed by atoms with Crippen LogP contribution in [-0.2, 0) is 5.41 Å². The lowest BCUT2D eigenvalue weighted by Crippen LogP contribution is -2.27. The monoisotopic (exact) mass is 234 g/mol. The molecule has 0 amide bonds. The van der Waals surface area contributed by atoms with Crippen LogP contribution in [0.3, 0.4) is 0 Å². The highest BCUT2D eigenvalue weighted by atomic mass is 32.1. The number of nitrogen functional groups attached to an aromatic ring is 1. The van der Waals surface area contributed by atoms with Crippen molar-refractivity contribution in [2.24, 2.45) is 0 Å². The second kappa shape index (κ2) is 3.75. The predicted octanol–water partition coefficient (Wildman–Crippen LogP) is 1.98. The zero-order valence-corrected chi connectivity index (χ0v) is 10.1. The average molecular weight is 234 g/mol. The van der Waals surface area contributed by atoms with Crippen LogP contribution in [0.1, 0.15) is 25.2 Å². The maximum Gasteiger partial charge on any atom is 0.214 e. The van der Waals surface area contributed by atoms with Crippen molar-refractivity contribution >= 4 is 12.2 Å². The van der Waals surface area contributed by atoms with E-state index >= 15 is 0 Å². The van der Waals surface area contributed by atoms with Crippen LogP contribution >= 0.6 is 12.2 Å². The Morgan fingerprint density at radius 2 is 1.94 bits per heavy atom. The van der Waals surface area contributed by atoms with Crippen LogP contribution in [0.4, 0.5) is 0 Å². The van der Waals surface area contributed by atoms with Gasteiger partial charge in [0.15, 0.2) is 5.82 Å². The third-order valence-electron chi connectivity index (χ3n) is 2.76. The minimum Gasteiger partial charge on any atom is -0.335 e. The van der Waals surface area contributed by atoms with Gasteiger partial charge in [-0.2, -0.15) is 5.10 Å². The smallest absolute Gasteiger partial charge is 0.214 e. The van der Waals surface area contributed by atoms with Gasteiger partial charge in [0.05, 0.1) is 5.41 Å². The van der Waals surface area contributed by atoms with Crippen LogP contribution in [-0.4, -0.2) is 14.9 Å². The van der Waals surface area contributed by atoms with Gasteiger partial charge in [-0.1, -0.05) is 30.3 Å². The van der Waals surface area contributed by atoms with Crippen molar-refractivity contribution in [3.8, 4) is 0 Å². The Hall–Kier alpha value is -1.62. The molecule has 84 valence electrons. The summed E-state index contributed by atoms with van der Waals surface area (Å²) in [6.45, 7) is 4.13. The fourth-order valence-corrected chi connectivity index (χ4v) is 1.86. The van der Waals surface area contributed by atoms with E-state index in [1.165, 1.54) is 4.68 Å². The summed E-state index contributed by atoms with van der Waals surface area (Å²) in [7, 11) is 0. The van der Waals surface area contributed by atoms with Gasteiger partial charge in [-0.05, 0) is 31.6 Å². The second-order valence-corrected chi connectivity index (χ2v) is 4.60. The van der Waals surface area contributed by atoms with Crippen LogP contribution < -0.4 is 5.84 Å². The van der Waals surface area contributed by atoms with E-state index < -0.39 is 0 Å². The normalized spacial score (nSPS) is 11.6. The molecular weight excluding hydrogens is 220 g/mol. The molecule has 0 fully saturated rings. The van der Waals surface area contributed by atoms with Gasteiger partial charge >= 0.3 is 0 Å². The van der Waals surface area contributed by atoms with Gasteiger partial charge in [0.2, 0.25) is 4.77 Å². The minimum absolute atomic E-state index is 0.274. The number of hydrogen-bond donors (Lipinski definition) is 2. The maximum absolute atomic E-state index is 5.84. The van der Waals surface area contributed by atoms with Gasteiger partial charge < -0.3 is 5.84 Å². The number of nitrogens with one attached hydrogen (secondary N) is 1. The summed E-state index contributed by atoms with van der Waals surface area (Å²) in [4.78, 5) is 0. The minimum atomic E-state index is -0.274. The number of H-pyrrole nitrogens is 1. The Balaban J connectivity index is 2.55. The van der Waals surface area contributed by atoms with E-state index in [0.717, 1.165) is 11.4 Å². The molecule has 0 bridgehead atoms. The molecule has 1 aromatic heterocycles. The lowest BCUT2D eigenvalue weighted by Gasteiger charge is -2.23. The van der Waals surface area contributed by atoms with Crippen molar-refractivity contribution in [2.45, 2.75) is 19.3 Å². The first kappa shape index (κ1) is 10.9. The number of nitrogens with zero attached hydrogens (tertiary/aromatic N) is 2. The van der Waals surface area contributed by atoms with Gasteiger partial charge in [-0.15, -0.1) is 0 Å². The summed E-state index contributed by atoms with van der Waals surface area (Å²) >= 11 is 5.01. The van der Waals surface area contributed by atoms with E-state index in [0.29, 0.717) is 4.77 Å². The Morgan fingerprint density at radius 3 is 2.44 bits per heavy atom. The number of benzene rings is 1. The molecule has 0 unspecified atom stereocenters. The first-order valence-electron chi connectivity index (χ1n) is 5.02. The summed E-state index contributed by atoms with van der Waals surface area (Å²) in [6.07, 6.45) is 0. The Bertz CT molecular complexity index is 539. The van der Waals surface area contributed by atoms with E-state index in [2.05, 4.69) is 36.2 Å². The van der Waals surface area contributed by atoms with Crippen molar-refractivity contribution in [3.05, 3.63) is 46.5 Å². The summed E-state index contributed by atoms with van der Waals surface area (Å²) < 4.78 is 1.85. The number of nitrogens with two attached hydrogens (primary N) is 1. The van der Waals surface area contributed by atoms with Crippen molar-refractivity contribution in [1.82, 2.24) is 14.9 Å². The van der Waals surface area contributed by atoms with Crippen molar-refractivity contribution in [1.29, 1.82) is 0 Å². The molecule has 0 aliphatic rings. The van der Waals surface area contributed by atoms with Gasteiger partial charge in [-0.25, -0.2) is 4.68 Å². The lowest BCUT2D eigenvalue weighted by atomic mass is 9.84. The van der Waals surface area contributed by atoms with Crippen LogP contribution in [0.2, 0.25) is 0 Å². The van der Waals surface area contributed by atoms with Crippen LogP contribution in [0.15, 0.2) is 30.3 Å². The van der Waals surface area contributed by atoms with E-state index in [4.69, 9.17) is 18.1 Å². The molecule has 2 aromatic rings. The van der Waals surface area contributed by atoms with Gasteiger partial charge in [-0.3, -0.25) is 5.10 Å². The quantitative estimate of drug-likeness (QED) is 0.617. The maximum atomic E-state index is 5.84. The molecule has 4 nitrogen and oxygen atoms in total. The number of aromatic nitrogens is 3. The van der Waals surface area contributed by atoms with Crippen LogP contribution in [0, 0.1) is 4.77 Å². The molecular formula is C11H14N4S. The van der Waals surface area contributed by atoms with E-state index in [1.54, 1.807) is 0 Å². The van der Waals surface area contributed by atoms with Crippen molar-refractivity contribution < 1.29 is 0 Å². The molecule has 0 aliphatic carbocycles. The standard InChI is InChI=1S/C11H14N4S/c1-11(2,8-6-4-3-5-7-8)9-13-14-10(16)15(9)12/h3-7H,12H2,1-2H3,(H,14,16). The second-order valence-electron chi connectivity index (χ2n) is 4.21. The first-order valence-corrected chi connectivity index (χ1v) is 5.43. The third-order valence-corrected chi connectivity index (χ3v) is 3.05. The SMILES string of the molecule is CC(C)(c1ccccc1)c1n[nH]c(=S)n1N. The highest BCUT2D eigenvalue weighted by Crippen LogP contribution is 2.28. The Labute approximate surface area is 99.1 Å². The molecule has 0 aliphatic heterocycles. The van der Waals surface area contributed by atoms with Crippen LogP contribution in [0.5, 0.6) is 0 Å². The number of hydrogen-bond acceptors (Lipinski definition) is 3. The fourth-order valence-electron chi connectivity index (χ4n) is 1.73. The summed E-state index contributed by atoms with van der Waals surface area (Å²) in [6, 6.07) is 10.1. The third kappa shape index (κ3) is 1.63. The molecule has 0 spiro atoms. The zero-order valence-electron chi connectivity index (χ0n) is 9.27. The molecule has 1 heterocycles. The van der Waals surface area contributed by atoms with Gasteiger partial charge in [0.25, 0.3) is 0 Å². The fraction of sp³-hybridized carbons (Fsp3) is 0.273. The van der Waals surface area contributed by atoms with Crippen molar-refractivity contribution in [2.75, 3.05) is 5.84 Å². The first-order chi connectivity index (χ1) is 7.53. The van der Waals surface area contributed by atoms with Gasteiger partial charge in [0.1, 0.15) is 0 Å².